The number of alkyl carbamates (subject to hydrolysis) is 2. The summed E-state index contributed by atoms with van der Waals surface area (Å²) in [6.07, 6.45) is -0.324. The fourth-order valence-electron chi connectivity index (χ4n) is 4.15. The Bertz CT molecular complexity index is 1110. The smallest absolute Gasteiger partial charge is 0.414 e. The number of carbonyl (C=O) groups excluding carboxylic acids is 2. The average molecular weight is 511 g/mol. The van der Waals surface area contributed by atoms with Gasteiger partial charge >= 0.3 is 18.2 Å². The second-order valence-electron chi connectivity index (χ2n) is 9.75. The molecule has 2 aromatic rings. The number of ether oxygens (including phenoxy) is 2. The van der Waals surface area contributed by atoms with E-state index in [1.807, 2.05) is 48.5 Å². The highest BCUT2D eigenvalue weighted by Crippen LogP contribution is 2.44. The highest BCUT2D eigenvalue weighted by Gasteiger charge is 2.29. The van der Waals surface area contributed by atoms with E-state index >= 15 is 0 Å². The lowest BCUT2D eigenvalue weighted by atomic mass is 9.98. The first-order valence-electron chi connectivity index (χ1n) is 12.2. The molecule has 5 N–H and O–H groups in total. The minimum atomic E-state index is -1.15. The largest absolute Gasteiger partial charge is 0.480 e. The molecule has 0 spiro atoms. The van der Waals surface area contributed by atoms with Crippen LogP contribution < -0.4 is 16.4 Å². The number of carbonyl (C=O) groups is 3. The standard InChI is InChI=1S/C27H34N4O6/c1-27(2,3)37-26(35)31-24(28)29-15-9-8-14-22(23(32)33)30-25(34)36-16-21-19-12-6-4-10-17(19)18-11-5-7-13-20(18)21/h4-7,10-13,21-22H,8-9,14-16H2,1-3H3,(H,30,34)(H,32,33)(H3,28,29,31,35)/t22-/m1/s1. The number of rotatable bonds is 9. The summed E-state index contributed by atoms with van der Waals surface area (Å²) in [6, 6.07) is 14.9. The summed E-state index contributed by atoms with van der Waals surface area (Å²) in [6.45, 7) is 5.57. The van der Waals surface area contributed by atoms with Crippen LogP contribution in [-0.4, -0.2) is 54.0 Å². The van der Waals surface area contributed by atoms with E-state index in [1.165, 1.54) is 0 Å². The number of aliphatic imine (C=N–C) groups is 1. The molecule has 0 bridgehead atoms. The first-order chi connectivity index (χ1) is 17.5. The Labute approximate surface area is 216 Å². The minimum Gasteiger partial charge on any atom is -0.480 e. The minimum absolute atomic E-state index is 0.0826. The maximum atomic E-state index is 12.4. The summed E-state index contributed by atoms with van der Waals surface area (Å²) in [5, 5.41) is 14.3. The van der Waals surface area contributed by atoms with Gasteiger partial charge in [-0.1, -0.05) is 48.5 Å². The van der Waals surface area contributed by atoms with Crippen LogP contribution in [0.3, 0.4) is 0 Å². The first kappa shape index (κ1) is 27.5. The number of benzene rings is 2. The Morgan fingerprint density at radius 2 is 1.59 bits per heavy atom. The number of nitrogens with zero attached hydrogens (tertiary/aromatic N) is 1. The van der Waals surface area contributed by atoms with Gasteiger partial charge in [-0.25, -0.2) is 14.4 Å². The number of unbranched alkanes of at least 4 members (excludes halogenated alkanes) is 1. The molecule has 1 aliphatic rings. The maximum absolute atomic E-state index is 12.4. The van der Waals surface area contributed by atoms with Crippen molar-refractivity contribution in [2.45, 2.75) is 57.6 Å². The number of aliphatic carboxylic acids is 1. The van der Waals surface area contributed by atoms with E-state index in [1.54, 1.807) is 20.8 Å². The maximum Gasteiger partial charge on any atom is 0.414 e. The van der Waals surface area contributed by atoms with Crippen LogP contribution in [0.25, 0.3) is 11.1 Å². The Balaban J connectivity index is 1.44. The van der Waals surface area contributed by atoms with E-state index in [-0.39, 0.29) is 31.4 Å². The van der Waals surface area contributed by atoms with E-state index in [0.29, 0.717) is 12.8 Å². The number of carboxylic acids is 1. The first-order valence-corrected chi connectivity index (χ1v) is 12.2. The average Bonchev–Trinajstić information content (AvgIpc) is 3.14. The van der Waals surface area contributed by atoms with Gasteiger partial charge in [0.1, 0.15) is 18.2 Å². The van der Waals surface area contributed by atoms with E-state index in [9.17, 15) is 19.5 Å². The molecule has 0 radical (unpaired) electrons. The van der Waals surface area contributed by atoms with Crippen LogP contribution in [0.15, 0.2) is 53.5 Å². The number of hydrogen-bond acceptors (Lipinski definition) is 6. The fourth-order valence-corrected chi connectivity index (χ4v) is 4.15. The number of hydrogen-bond donors (Lipinski definition) is 4. The van der Waals surface area contributed by atoms with Crippen LogP contribution in [0, 0.1) is 0 Å². The molecule has 0 unspecified atom stereocenters. The predicted molar refractivity (Wildman–Crippen MR) is 139 cm³/mol. The molecule has 37 heavy (non-hydrogen) atoms. The van der Waals surface area contributed by atoms with Crippen molar-refractivity contribution in [2.75, 3.05) is 13.2 Å². The van der Waals surface area contributed by atoms with Gasteiger partial charge in [0.15, 0.2) is 5.96 Å². The number of carboxylic acid groups (broad SMARTS) is 1. The molecule has 0 heterocycles. The van der Waals surface area contributed by atoms with Gasteiger partial charge in [0.05, 0.1) is 0 Å². The lowest BCUT2D eigenvalue weighted by Crippen LogP contribution is -2.41. The van der Waals surface area contributed by atoms with Crippen LogP contribution in [-0.2, 0) is 14.3 Å². The van der Waals surface area contributed by atoms with Gasteiger partial charge in [-0.15, -0.1) is 0 Å². The molecule has 0 saturated heterocycles. The van der Waals surface area contributed by atoms with Gasteiger partial charge < -0.3 is 25.6 Å². The van der Waals surface area contributed by atoms with Crippen molar-refractivity contribution in [1.29, 1.82) is 0 Å². The second kappa shape index (κ2) is 12.2. The number of nitrogens with one attached hydrogen (secondary N) is 2. The molecule has 198 valence electrons. The zero-order chi connectivity index (χ0) is 27.0. The van der Waals surface area contributed by atoms with E-state index in [4.69, 9.17) is 15.2 Å². The Kier molecular flexibility index (Phi) is 9.10. The Hall–Kier alpha value is -4.08. The third-order valence-electron chi connectivity index (χ3n) is 5.75. The predicted octanol–water partition coefficient (Wildman–Crippen LogP) is 3.99. The molecule has 0 saturated carbocycles. The van der Waals surface area contributed by atoms with Crippen molar-refractivity contribution < 1.29 is 29.0 Å². The summed E-state index contributed by atoms with van der Waals surface area (Å²) >= 11 is 0. The second-order valence-corrected chi connectivity index (χ2v) is 9.75. The quantitative estimate of drug-likeness (QED) is 0.226. The van der Waals surface area contributed by atoms with Gasteiger partial charge in [0.2, 0.25) is 0 Å². The zero-order valence-electron chi connectivity index (χ0n) is 21.3. The van der Waals surface area contributed by atoms with Gasteiger partial charge in [0.25, 0.3) is 0 Å². The van der Waals surface area contributed by atoms with Gasteiger partial charge in [-0.3, -0.25) is 10.3 Å². The van der Waals surface area contributed by atoms with Crippen molar-refractivity contribution >= 4 is 24.1 Å². The molecule has 10 heteroatoms. The van der Waals surface area contributed by atoms with Gasteiger partial charge in [-0.05, 0) is 62.3 Å². The van der Waals surface area contributed by atoms with Crippen LogP contribution in [0.2, 0.25) is 0 Å². The third-order valence-corrected chi connectivity index (χ3v) is 5.75. The molecular formula is C27H34N4O6. The Morgan fingerprint density at radius 3 is 2.16 bits per heavy atom. The number of amides is 2. The summed E-state index contributed by atoms with van der Waals surface area (Å²) in [4.78, 5) is 39.8. The number of fused-ring (bicyclic) bond motifs is 3. The summed E-state index contributed by atoms with van der Waals surface area (Å²) in [5.41, 5.74) is 9.38. The number of nitrogens with two attached hydrogens (primary N) is 1. The van der Waals surface area contributed by atoms with Gasteiger partial charge in [0, 0.05) is 12.5 Å². The van der Waals surface area contributed by atoms with E-state index in [0.717, 1.165) is 22.3 Å². The highest BCUT2D eigenvalue weighted by molar-refractivity contribution is 5.93. The van der Waals surface area contributed by atoms with Gasteiger partial charge in [-0.2, -0.15) is 0 Å². The van der Waals surface area contributed by atoms with Crippen LogP contribution >= 0.6 is 0 Å². The molecular weight excluding hydrogens is 476 g/mol. The topological polar surface area (TPSA) is 152 Å². The molecule has 1 aliphatic carbocycles. The molecule has 2 amide bonds. The fraction of sp³-hybridized carbons (Fsp3) is 0.407. The highest BCUT2D eigenvalue weighted by atomic mass is 16.6. The van der Waals surface area contributed by atoms with Crippen LogP contribution in [0.4, 0.5) is 9.59 Å². The van der Waals surface area contributed by atoms with Crippen molar-refractivity contribution in [3.8, 4) is 11.1 Å². The van der Waals surface area contributed by atoms with Crippen molar-refractivity contribution in [1.82, 2.24) is 10.6 Å². The van der Waals surface area contributed by atoms with Crippen LogP contribution in [0.5, 0.6) is 0 Å². The number of guanidine groups is 1. The van der Waals surface area contributed by atoms with Crippen LogP contribution in [0.1, 0.15) is 57.1 Å². The molecule has 1 atom stereocenters. The van der Waals surface area contributed by atoms with Crippen molar-refractivity contribution in [3.63, 3.8) is 0 Å². The lowest BCUT2D eigenvalue weighted by Gasteiger charge is -2.19. The SMILES string of the molecule is CC(C)(C)OC(=O)NC(N)=NCCCC[C@@H](NC(=O)OCC1c2ccccc2-c2ccccc21)C(=O)O. The van der Waals surface area contributed by atoms with E-state index in [2.05, 4.69) is 15.6 Å². The summed E-state index contributed by atoms with van der Waals surface area (Å²) in [7, 11) is 0. The van der Waals surface area contributed by atoms with Crippen molar-refractivity contribution in [3.05, 3.63) is 59.7 Å². The molecule has 3 rings (SSSR count). The molecule has 0 aromatic heterocycles. The normalized spacial score (nSPS) is 13.8. The molecule has 2 aromatic carbocycles. The zero-order valence-corrected chi connectivity index (χ0v) is 21.3. The molecule has 10 nitrogen and oxygen atoms in total. The summed E-state index contributed by atoms with van der Waals surface area (Å²) in [5.74, 6) is -1.34. The molecule has 0 aliphatic heterocycles. The monoisotopic (exact) mass is 510 g/mol. The Morgan fingerprint density at radius 1 is 1.00 bits per heavy atom. The van der Waals surface area contributed by atoms with Crippen molar-refractivity contribution in [2.24, 2.45) is 10.7 Å². The van der Waals surface area contributed by atoms with E-state index < -0.39 is 29.8 Å². The molecule has 0 fully saturated rings. The lowest BCUT2D eigenvalue weighted by molar-refractivity contribution is -0.139. The third kappa shape index (κ3) is 7.96. The summed E-state index contributed by atoms with van der Waals surface area (Å²) < 4.78 is 10.5.